The number of fused-ring (bicyclic) bond motifs is 2. The van der Waals surface area contributed by atoms with Gasteiger partial charge in [0.2, 0.25) is 11.8 Å². The second-order valence-corrected chi connectivity index (χ2v) is 8.71. The van der Waals surface area contributed by atoms with E-state index in [1.165, 1.54) is 17.0 Å². The highest BCUT2D eigenvalue weighted by Crippen LogP contribution is 2.40. The smallest absolute Gasteiger partial charge is 0.338 e. The zero-order valence-corrected chi connectivity index (χ0v) is 18.5. The molecule has 3 amide bonds. The number of carbonyl (C=O) groups is 4. The summed E-state index contributed by atoms with van der Waals surface area (Å²) in [6.45, 7) is -0.460. The van der Waals surface area contributed by atoms with Crippen LogP contribution in [0.25, 0.3) is 10.8 Å². The molecule has 5 rings (SSSR count). The van der Waals surface area contributed by atoms with E-state index in [4.69, 9.17) is 4.74 Å². The Bertz CT molecular complexity index is 1270. The molecular formula is C27H24N2O5. The molecule has 2 atom stereocenters. The molecule has 0 bridgehead atoms. The van der Waals surface area contributed by atoms with Crippen LogP contribution >= 0.6 is 0 Å². The number of hydrogen-bond acceptors (Lipinski definition) is 5. The molecule has 1 saturated heterocycles. The summed E-state index contributed by atoms with van der Waals surface area (Å²) >= 11 is 0. The highest BCUT2D eigenvalue weighted by Gasteiger charge is 2.48. The summed E-state index contributed by atoms with van der Waals surface area (Å²) in [5.74, 6) is -2.10. The summed E-state index contributed by atoms with van der Waals surface area (Å²) in [5.41, 5.74) is 1.17. The van der Waals surface area contributed by atoms with Gasteiger partial charge < -0.3 is 10.1 Å². The maximum atomic E-state index is 12.8. The van der Waals surface area contributed by atoms with E-state index in [9.17, 15) is 19.2 Å². The molecule has 0 radical (unpaired) electrons. The highest BCUT2D eigenvalue weighted by atomic mass is 16.5. The molecule has 0 spiro atoms. The molecule has 2 aliphatic rings. The number of anilines is 2. The van der Waals surface area contributed by atoms with Crippen molar-refractivity contribution in [1.29, 1.82) is 0 Å². The van der Waals surface area contributed by atoms with Crippen molar-refractivity contribution in [2.75, 3.05) is 16.8 Å². The van der Waals surface area contributed by atoms with Gasteiger partial charge in [-0.05, 0) is 42.5 Å². The third-order valence-electron chi connectivity index (χ3n) is 6.58. The number of hydrogen-bond donors (Lipinski definition) is 1. The van der Waals surface area contributed by atoms with Gasteiger partial charge in [-0.1, -0.05) is 55.3 Å². The minimum Gasteiger partial charge on any atom is -0.452 e. The molecule has 34 heavy (non-hydrogen) atoms. The average Bonchev–Trinajstić information content (AvgIpc) is 3.13. The van der Waals surface area contributed by atoms with E-state index in [0.717, 1.165) is 36.5 Å². The van der Waals surface area contributed by atoms with Gasteiger partial charge in [-0.3, -0.25) is 19.3 Å². The number of esters is 1. The van der Waals surface area contributed by atoms with Crippen LogP contribution < -0.4 is 10.2 Å². The number of amides is 3. The number of ether oxygens (including phenoxy) is 1. The van der Waals surface area contributed by atoms with Gasteiger partial charge in [0.15, 0.2) is 6.61 Å². The second kappa shape index (κ2) is 9.09. The zero-order valence-electron chi connectivity index (χ0n) is 18.5. The first-order valence-electron chi connectivity index (χ1n) is 11.5. The quantitative estimate of drug-likeness (QED) is 0.456. The van der Waals surface area contributed by atoms with Crippen LogP contribution in [0.1, 0.15) is 36.0 Å². The number of nitrogens with zero attached hydrogens (tertiary/aromatic N) is 1. The van der Waals surface area contributed by atoms with Crippen LogP contribution in [0.3, 0.4) is 0 Å². The lowest BCUT2D eigenvalue weighted by molar-refractivity contribution is -0.122. The van der Waals surface area contributed by atoms with Crippen LogP contribution in [0, 0.1) is 11.8 Å². The summed E-state index contributed by atoms with van der Waals surface area (Å²) in [4.78, 5) is 51.9. The molecule has 1 saturated carbocycles. The number of rotatable bonds is 5. The Morgan fingerprint density at radius 2 is 1.56 bits per heavy atom. The summed E-state index contributed by atoms with van der Waals surface area (Å²) in [5, 5.41) is 4.65. The average molecular weight is 456 g/mol. The Hall–Kier alpha value is -4.00. The third-order valence-corrected chi connectivity index (χ3v) is 6.58. The fourth-order valence-corrected chi connectivity index (χ4v) is 4.92. The first-order valence-corrected chi connectivity index (χ1v) is 11.5. The third kappa shape index (κ3) is 4.05. The maximum Gasteiger partial charge on any atom is 0.338 e. The van der Waals surface area contributed by atoms with E-state index in [1.54, 1.807) is 18.2 Å². The van der Waals surface area contributed by atoms with Crippen molar-refractivity contribution in [1.82, 2.24) is 0 Å². The topological polar surface area (TPSA) is 92.8 Å². The first-order chi connectivity index (χ1) is 16.5. The zero-order chi connectivity index (χ0) is 23.7. The van der Waals surface area contributed by atoms with Crippen LogP contribution in [-0.2, 0) is 19.1 Å². The monoisotopic (exact) mass is 456 g/mol. The number of benzene rings is 3. The van der Waals surface area contributed by atoms with E-state index >= 15 is 0 Å². The number of nitrogens with one attached hydrogen (secondary N) is 1. The van der Waals surface area contributed by atoms with Crippen LogP contribution in [0.15, 0.2) is 66.7 Å². The SMILES string of the molecule is O=C(COC(=O)c1cccc(N2C(=O)[C@H]3CCCC[C@@H]3C2=O)c1)Nc1cccc2ccccc12. The van der Waals surface area contributed by atoms with E-state index in [2.05, 4.69) is 5.32 Å². The number of carbonyl (C=O) groups excluding carboxylic acids is 4. The summed E-state index contributed by atoms with van der Waals surface area (Å²) in [7, 11) is 0. The normalized spacial score (nSPS) is 19.7. The van der Waals surface area contributed by atoms with Gasteiger partial charge >= 0.3 is 5.97 Å². The largest absolute Gasteiger partial charge is 0.452 e. The van der Waals surface area contributed by atoms with E-state index in [1.807, 2.05) is 36.4 Å². The predicted octanol–water partition coefficient (Wildman–Crippen LogP) is 4.31. The predicted molar refractivity (Wildman–Crippen MR) is 127 cm³/mol. The van der Waals surface area contributed by atoms with Crippen LogP contribution in [-0.4, -0.2) is 30.3 Å². The Morgan fingerprint density at radius 3 is 2.32 bits per heavy atom. The Kier molecular flexibility index (Phi) is 5.84. The first kappa shape index (κ1) is 21.8. The van der Waals surface area contributed by atoms with E-state index in [0.29, 0.717) is 11.4 Å². The Morgan fingerprint density at radius 1 is 0.882 bits per heavy atom. The highest BCUT2D eigenvalue weighted by molar-refractivity contribution is 6.22. The van der Waals surface area contributed by atoms with Gasteiger partial charge in [0.25, 0.3) is 5.91 Å². The second-order valence-electron chi connectivity index (χ2n) is 8.71. The van der Waals surface area contributed by atoms with Gasteiger partial charge in [-0.15, -0.1) is 0 Å². The fourth-order valence-electron chi connectivity index (χ4n) is 4.92. The minimum absolute atomic E-state index is 0.172. The molecule has 7 nitrogen and oxygen atoms in total. The summed E-state index contributed by atoms with van der Waals surface area (Å²) in [6, 6.07) is 19.5. The minimum atomic E-state index is -0.702. The molecule has 1 heterocycles. The van der Waals surface area contributed by atoms with Gasteiger partial charge in [0, 0.05) is 11.1 Å². The summed E-state index contributed by atoms with van der Waals surface area (Å²) in [6.07, 6.45) is 3.33. The number of imide groups is 1. The fraction of sp³-hybridized carbons (Fsp3) is 0.259. The van der Waals surface area contributed by atoms with Crippen molar-refractivity contribution in [3.05, 3.63) is 72.3 Å². The van der Waals surface area contributed by atoms with E-state index < -0.39 is 18.5 Å². The van der Waals surface area contributed by atoms with Crippen LogP contribution in [0.4, 0.5) is 11.4 Å². The molecular weight excluding hydrogens is 432 g/mol. The van der Waals surface area contributed by atoms with Crippen molar-refractivity contribution in [3.8, 4) is 0 Å². The van der Waals surface area contributed by atoms with Gasteiger partial charge in [-0.2, -0.15) is 0 Å². The molecule has 1 aliphatic carbocycles. The lowest BCUT2D eigenvalue weighted by atomic mass is 9.81. The molecule has 172 valence electrons. The van der Waals surface area contributed by atoms with Crippen molar-refractivity contribution in [2.45, 2.75) is 25.7 Å². The molecule has 0 aromatic heterocycles. The van der Waals surface area contributed by atoms with Crippen molar-refractivity contribution < 1.29 is 23.9 Å². The van der Waals surface area contributed by atoms with Gasteiger partial charge in [0.1, 0.15) is 0 Å². The van der Waals surface area contributed by atoms with Crippen molar-refractivity contribution in [3.63, 3.8) is 0 Å². The summed E-state index contributed by atoms with van der Waals surface area (Å²) < 4.78 is 5.20. The molecule has 0 unspecified atom stereocenters. The Labute approximate surface area is 196 Å². The van der Waals surface area contributed by atoms with Crippen LogP contribution in [0.2, 0.25) is 0 Å². The van der Waals surface area contributed by atoms with Crippen molar-refractivity contribution in [2.24, 2.45) is 11.8 Å². The molecule has 1 aliphatic heterocycles. The molecule has 3 aromatic carbocycles. The molecule has 2 fully saturated rings. The standard InChI is InChI=1S/C27H24N2O5/c30-24(28-23-14-6-8-17-7-1-2-11-20(17)23)16-34-27(33)18-9-5-10-19(15-18)29-25(31)21-12-3-4-13-22(21)26(29)32/h1-2,5-11,14-15,21-22H,3-4,12-13,16H2,(H,28,30)/t21-,22-/m0/s1. The molecule has 1 N–H and O–H groups in total. The van der Waals surface area contributed by atoms with Crippen molar-refractivity contribution >= 4 is 45.8 Å². The molecule has 3 aromatic rings. The molecule has 7 heteroatoms. The van der Waals surface area contributed by atoms with Crippen LogP contribution in [0.5, 0.6) is 0 Å². The van der Waals surface area contributed by atoms with E-state index in [-0.39, 0.29) is 29.2 Å². The lowest BCUT2D eigenvalue weighted by Gasteiger charge is -2.19. The lowest BCUT2D eigenvalue weighted by Crippen LogP contribution is -2.31. The van der Waals surface area contributed by atoms with Gasteiger partial charge in [0.05, 0.1) is 23.1 Å². The Balaban J connectivity index is 1.25. The van der Waals surface area contributed by atoms with Gasteiger partial charge in [-0.25, -0.2) is 4.79 Å². The maximum absolute atomic E-state index is 12.8.